The summed E-state index contributed by atoms with van der Waals surface area (Å²) in [6.07, 6.45) is 2.22. The topological polar surface area (TPSA) is 74.6 Å². The van der Waals surface area contributed by atoms with E-state index in [-0.39, 0.29) is 17.1 Å². The Bertz CT molecular complexity index is 528. The maximum absolute atomic E-state index is 10.9. The van der Waals surface area contributed by atoms with Gasteiger partial charge in [-0.05, 0) is 42.2 Å². The van der Waals surface area contributed by atoms with Crippen LogP contribution in [-0.2, 0) is 16.5 Å². The molecule has 1 aliphatic carbocycles. The van der Waals surface area contributed by atoms with Crippen LogP contribution in [0.1, 0.15) is 17.5 Å². The van der Waals surface area contributed by atoms with Crippen molar-refractivity contribution in [3.05, 3.63) is 34.2 Å². The summed E-state index contributed by atoms with van der Waals surface area (Å²) in [7, 11) is -4.08. The minimum atomic E-state index is -4.08. The summed E-state index contributed by atoms with van der Waals surface area (Å²) < 4.78 is 30.7. The lowest BCUT2D eigenvalue weighted by Gasteiger charge is -2.14. The lowest BCUT2D eigenvalue weighted by Crippen LogP contribution is -2.07. The van der Waals surface area contributed by atoms with Crippen molar-refractivity contribution in [1.29, 1.82) is 0 Å². The number of aryl methyl sites for hydroxylation is 1. The van der Waals surface area contributed by atoms with E-state index in [1.54, 1.807) is 12.1 Å². The molecule has 15 heavy (non-hydrogen) atoms. The Morgan fingerprint density at radius 2 is 1.93 bits per heavy atom. The molecule has 0 unspecified atom stereocenters. The number of hydrogen-bond acceptors (Lipinski definition) is 3. The van der Waals surface area contributed by atoms with Gasteiger partial charge in [0, 0.05) is 0 Å². The van der Waals surface area contributed by atoms with E-state index < -0.39 is 10.1 Å². The van der Waals surface area contributed by atoms with Crippen LogP contribution in [0.15, 0.2) is 23.1 Å². The minimum absolute atomic E-state index is 0.0284. The Kier molecular flexibility index (Phi) is 2.28. The second-order valence-corrected chi connectivity index (χ2v) is 4.94. The van der Waals surface area contributed by atoms with Crippen molar-refractivity contribution in [2.45, 2.75) is 12.8 Å². The smallest absolute Gasteiger partial charge is 0.290 e. The minimum Gasteiger partial charge on any atom is -0.508 e. The van der Waals surface area contributed by atoms with Crippen molar-refractivity contribution in [3.8, 4) is 5.75 Å². The highest BCUT2D eigenvalue weighted by molar-refractivity contribution is 7.90. The Morgan fingerprint density at radius 1 is 1.20 bits per heavy atom. The van der Waals surface area contributed by atoms with E-state index in [1.165, 1.54) is 12.1 Å². The van der Waals surface area contributed by atoms with Gasteiger partial charge in [0.05, 0.1) is 4.91 Å². The fraction of sp³-hybridized carbons (Fsp3) is 0.200. The summed E-state index contributed by atoms with van der Waals surface area (Å²) in [4.78, 5) is 0.0284. The van der Waals surface area contributed by atoms with Crippen LogP contribution in [0.4, 0.5) is 0 Å². The van der Waals surface area contributed by atoms with Crippen molar-refractivity contribution >= 4 is 16.2 Å². The van der Waals surface area contributed by atoms with Crippen LogP contribution in [-0.4, -0.2) is 18.1 Å². The van der Waals surface area contributed by atoms with Gasteiger partial charge in [0.25, 0.3) is 10.1 Å². The molecule has 0 bridgehead atoms. The van der Waals surface area contributed by atoms with E-state index >= 15 is 0 Å². The predicted molar refractivity (Wildman–Crippen MR) is 56.0 cm³/mol. The average molecular weight is 226 g/mol. The van der Waals surface area contributed by atoms with E-state index in [9.17, 15) is 13.5 Å². The molecule has 0 radical (unpaired) electrons. The molecule has 1 aromatic carbocycles. The lowest BCUT2D eigenvalue weighted by atomic mass is 9.97. The monoisotopic (exact) mass is 226 g/mol. The molecular formula is C10H10O4S. The van der Waals surface area contributed by atoms with Crippen LogP contribution in [0.2, 0.25) is 0 Å². The van der Waals surface area contributed by atoms with Crippen LogP contribution < -0.4 is 0 Å². The van der Waals surface area contributed by atoms with E-state index in [0.29, 0.717) is 6.42 Å². The molecule has 0 aromatic heterocycles. The normalized spacial score (nSPS) is 15.7. The van der Waals surface area contributed by atoms with Crippen molar-refractivity contribution in [2.75, 3.05) is 0 Å². The second kappa shape index (κ2) is 3.36. The predicted octanol–water partition coefficient (Wildman–Crippen LogP) is 1.57. The summed E-state index contributed by atoms with van der Waals surface area (Å²) in [5.74, 6) is 0.164. The van der Waals surface area contributed by atoms with Gasteiger partial charge in [-0.25, -0.2) is 0 Å². The van der Waals surface area contributed by atoms with E-state index in [1.807, 2.05) is 0 Å². The van der Waals surface area contributed by atoms with Crippen LogP contribution in [0, 0.1) is 0 Å². The third kappa shape index (κ3) is 2.03. The van der Waals surface area contributed by atoms with Crippen molar-refractivity contribution in [3.63, 3.8) is 0 Å². The van der Waals surface area contributed by atoms with Crippen molar-refractivity contribution < 1.29 is 18.1 Å². The molecule has 1 aliphatic rings. The first-order valence-corrected chi connectivity index (χ1v) is 5.91. The Morgan fingerprint density at radius 3 is 2.60 bits per heavy atom. The number of phenols is 1. The molecule has 5 heteroatoms. The summed E-state index contributed by atoms with van der Waals surface area (Å²) in [6.45, 7) is 0. The van der Waals surface area contributed by atoms with E-state index in [2.05, 4.69) is 0 Å². The Hall–Kier alpha value is -1.33. The first-order valence-electron chi connectivity index (χ1n) is 4.47. The molecule has 0 heterocycles. The third-order valence-electron chi connectivity index (χ3n) is 2.42. The largest absolute Gasteiger partial charge is 0.508 e. The molecule has 4 nitrogen and oxygen atoms in total. The van der Waals surface area contributed by atoms with Gasteiger partial charge in [-0.2, -0.15) is 8.42 Å². The van der Waals surface area contributed by atoms with Gasteiger partial charge in [0.1, 0.15) is 5.75 Å². The number of phenolic OH excluding ortho intramolecular Hbond substituents is 1. The molecule has 0 atom stereocenters. The van der Waals surface area contributed by atoms with Crippen molar-refractivity contribution in [2.24, 2.45) is 0 Å². The zero-order valence-corrected chi connectivity index (χ0v) is 8.66. The zero-order chi connectivity index (χ0) is 11.1. The molecule has 2 N–H and O–H groups in total. The Balaban J connectivity index is 2.51. The standard InChI is InChI=1S/C10H10O4S/c11-9-3-1-8-6-10(15(12,13)14)4-2-7(8)5-9/h1,3,5-6,11H,2,4H2,(H,12,13,14). The number of aromatic hydroxyl groups is 1. The molecular weight excluding hydrogens is 216 g/mol. The molecule has 0 fully saturated rings. The number of rotatable bonds is 1. The highest BCUT2D eigenvalue weighted by atomic mass is 32.2. The second-order valence-electron chi connectivity index (χ2n) is 3.47. The van der Waals surface area contributed by atoms with Crippen LogP contribution in [0.25, 0.3) is 6.08 Å². The summed E-state index contributed by atoms with van der Waals surface area (Å²) in [6, 6.07) is 4.73. The highest BCUT2D eigenvalue weighted by Gasteiger charge is 2.19. The molecule has 80 valence electrons. The Labute approximate surface area is 87.6 Å². The third-order valence-corrected chi connectivity index (χ3v) is 3.40. The van der Waals surface area contributed by atoms with Gasteiger partial charge in [0.2, 0.25) is 0 Å². The number of hydrogen-bond donors (Lipinski definition) is 2. The molecule has 0 spiro atoms. The maximum atomic E-state index is 10.9. The molecule has 0 saturated heterocycles. The SMILES string of the molecule is O=S(=O)(O)C1=Cc2ccc(O)cc2CC1. The first kappa shape index (κ1) is 10.2. The zero-order valence-electron chi connectivity index (χ0n) is 7.84. The summed E-state index contributed by atoms with van der Waals surface area (Å²) in [5.41, 5.74) is 1.62. The van der Waals surface area contributed by atoms with E-state index in [4.69, 9.17) is 4.55 Å². The molecule has 0 amide bonds. The first-order chi connectivity index (χ1) is 6.97. The number of allylic oxidation sites excluding steroid dienone is 1. The van der Waals surface area contributed by atoms with Gasteiger partial charge in [-0.3, -0.25) is 4.55 Å². The van der Waals surface area contributed by atoms with Crippen LogP contribution >= 0.6 is 0 Å². The number of benzene rings is 1. The average Bonchev–Trinajstić information content (AvgIpc) is 2.15. The van der Waals surface area contributed by atoms with Gasteiger partial charge >= 0.3 is 0 Å². The van der Waals surface area contributed by atoms with Gasteiger partial charge in [0.15, 0.2) is 0 Å². The molecule has 2 rings (SSSR count). The van der Waals surface area contributed by atoms with Gasteiger partial charge in [-0.15, -0.1) is 0 Å². The lowest BCUT2D eigenvalue weighted by molar-refractivity contribution is 0.474. The molecule has 0 aliphatic heterocycles. The quantitative estimate of drug-likeness (QED) is 0.713. The van der Waals surface area contributed by atoms with Crippen LogP contribution in [0.5, 0.6) is 5.75 Å². The van der Waals surface area contributed by atoms with Gasteiger partial charge < -0.3 is 5.11 Å². The summed E-state index contributed by atoms with van der Waals surface area (Å²) >= 11 is 0. The summed E-state index contributed by atoms with van der Waals surface area (Å²) in [5, 5.41) is 9.23. The highest BCUT2D eigenvalue weighted by Crippen LogP contribution is 2.28. The molecule has 0 saturated carbocycles. The number of fused-ring (bicyclic) bond motifs is 1. The van der Waals surface area contributed by atoms with Gasteiger partial charge in [-0.1, -0.05) is 6.07 Å². The maximum Gasteiger partial charge on any atom is 0.290 e. The van der Waals surface area contributed by atoms with Crippen LogP contribution in [0.3, 0.4) is 0 Å². The molecule has 1 aromatic rings. The van der Waals surface area contributed by atoms with Crippen molar-refractivity contribution in [1.82, 2.24) is 0 Å². The van der Waals surface area contributed by atoms with E-state index in [0.717, 1.165) is 11.1 Å². The fourth-order valence-electron chi connectivity index (χ4n) is 1.66. The fourth-order valence-corrected chi connectivity index (χ4v) is 2.29.